The summed E-state index contributed by atoms with van der Waals surface area (Å²) in [5.74, 6) is 1.19. The predicted molar refractivity (Wildman–Crippen MR) is 79.2 cm³/mol. The van der Waals surface area contributed by atoms with Crippen LogP contribution in [0.3, 0.4) is 0 Å². The Labute approximate surface area is 117 Å². The molecule has 19 heavy (non-hydrogen) atoms. The highest BCUT2D eigenvalue weighted by Gasteiger charge is 2.13. The summed E-state index contributed by atoms with van der Waals surface area (Å²) in [7, 11) is 1.61. The molecule has 0 saturated heterocycles. The summed E-state index contributed by atoms with van der Waals surface area (Å²) in [6, 6.07) is 4.21. The first-order valence-corrected chi connectivity index (χ1v) is 7.04. The van der Waals surface area contributed by atoms with E-state index in [1.165, 1.54) is 15.3 Å². The maximum Gasteiger partial charge on any atom is 0.226 e. The number of hydrogen-bond donors (Lipinski definition) is 1. The number of ether oxygens (including phenoxy) is 1. The van der Waals surface area contributed by atoms with Gasteiger partial charge >= 0.3 is 0 Å². The second-order valence-electron chi connectivity index (χ2n) is 4.61. The number of hydrogen-bond acceptors (Lipinski definition) is 5. The van der Waals surface area contributed by atoms with Crippen molar-refractivity contribution in [1.82, 2.24) is 9.97 Å². The van der Waals surface area contributed by atoms with Crippen molar-refractivity contribution >= 4 is 17.3 Å². The Bertz CT molecular complexity index is 580. The Hall–Kier alpha value is -1.62. The van der Waals surface area contributed by atoms with Gasteiger partial charge < -0.3 is 10.1 Å². The molecule has 0 bridgehead atoms. The van der Waals surface area contributed by atoms with Gasteiger partial charge in [-0.3, -0.25) is 0 Å². The van der Waals surface area contributed by atoms with E-state index in [4.69, 9.17) is 4.74 Å². The van der Waals surface area contributed by atoms with Crippen molar-refractivity contribution in [3.05, 3.63) is 33.1 Å². The lowest BCUT2D eigenvalue weighted by atomic mass is 10.1. The summed E-state index contributed by atoms with van der Waals surface area (Å²) >= 11 is 1.81. The Morgan fingerprint density at radius 3 is 2.53 bits per heavy atom. The molecule has 102 valence electrons. The van der Waals surface area contributed by atoms with Crippen molar-refractivity contribution in [1.29, 1.82) is 0 Å². The maximum atomic E-state index is 5.16. The molecular formula is C14H19N3OS. The molecule has 0 aromatic carbocycles. The number of aryl methyl sites for hydroxylation is 3. The van der Waals surface area contributed by atoms with Crippen LogP contribution >= 0.6 is 11.3 Å². The van der Waals surface area contributed by atoms with Crippen LogP contribution in [-0.2, 0) is 0 Å². The summed E-state index contributed by atoms with van der Waals surface area (Å²) in [5, 5.41) is 3.33. The zero-order valence-corrected chi connectivity index (χ0v) is 12.8. The standard InChI is InChI=1S/C14H19N3OS/c1-8-6-13(18-5)17-14(15-8)16-10(3)12-7-9(2)19-11(12)4/h6-7,10H,1-5H3,(H,15,16,17). The van der Waals surface area contributed by atoms with Crippen molar-refractivity contribution in [2.75, 3.05) is 12.4 Å². The Kier molecular flexibility index (Phi) is 4.04. The minimum atomic E-state index is 0.177. The van der Waals surface area contributed by atoms with Gasteiger partial charge in [0.15, 0.2) is 0 Å². The van der Waals surface area contributed by atoms with E-state index in [2.05, 4.69) is 42.1 Å². The Balaban J connectivity index is 2.21. The third kappa shape index (κ3) is 3.23. The first kappa shape index (κ1) is 13.8. The predicted octanol–water partition coefficient (Wildman–Crippen LogP) is 3.65. The van der Waals surface area contributed by atoms with Gasteiger partial charge in [0, 0.05) is 21.5 Å². The minimum absolute atomic E-state index is 0.177. The number of nitrogens with zero attached hydrogens (tertiary/aromatic N) is 2. The van der Waals surface area contributed by atoms with Gasteiger partial charge in [-0.25, -0.2) is 4.98 Å². The van der Waals surface area contributed by atoms with Crippen LogP contribution in [0.1, 0.15) is 34.0 Å². The highest BCUT2D eigenvalue weighted by Crippen LogP contribution is 2.28. The molecule has 0 aliphatic carbocycles. The summed E-state index contributed by atoms with van der Waals surface area (Å²) in [6.45, 7) is 8.32. The van der Waals surface area contributed by atoms with Crippen molar-refractivity contribution in [3.63, 3.8) is 0 Å². The van der Waals surface area contributed by atoms with E-state index >= 15 is 0 Å². The molecule has 1 N–H and O–H groups in total. The molecule has 4 nitrogen and oxygen atoms in total. The van der Waals surface area contributed by atoms with Gasteiger partial charge in [-0.1, -0.05) is 0 Å². The van der Waals surface area contributed by atoms with Crippen molar-refractivity contribution in [2.24, 2.45) is 0 Å². The molecule has 1 atom stereocenters. The lowest BCUT2D eigenvalue weighted by Gasteiger charge is -2.14. The molecule has 0 spiro atoms. The minimum Gasteiger partial charge on any atom is -0.481 e. The number of rotatable bonds is 4. The molecule has 0 aliphatic heterocycles. The summed E-state index contributed by atoms with van der Waals surface area (Å²) in [4.78, 5) is 11.4. The molecule has 2 rings (SSSR count). The van der Waals surface area contributed by atoms with E-state index < -0.39 is 0 Å². The second kappa shape index (κ2) is 5.57. The second-order valence-corrected chi connectivity index (χ2v) is 6.07. The first-order chi connectivity index (χ1) is 8.99. The van der Waals surface area contributed by atoms with Crippen molar-refractivity contribution < 1.29 is 4.74 Å². The van der Waals surface area contributed by atoms with Crippen LogP contribution in [0.4, 0.5) is 5.95 Å². The number of thiophene rings is 1. The third-order valence-electron chi connectivity index (χ3n) is 2.93. The maximum absolute atomic E-state index is 5.16. The van der Waals surface area contributed by atoms with Crippen molar-refractivity contribution in [2.45, 2.75) is 33.7 Å². The molecule has 0 aliphatic rings. The SMILES string of the molecule is COc1cc(C)nc(NC(C)c2cc(C)sc2C)n1. The van der Waals surface area contributed by atoms with Crippen LogP contribution in [-0.4, -0.2) is 17.1 Å². The monoisotopic (exact) mass is 277 g/mol. The number of aromatic nitrogens is 2. The van der Waals surface area contributed by atoms with E-state index in [1.807, 2.05) is 24.3 Å². The van der Waals surface area contributed by atoms with E-state index in [-0.39, 0.29) is 6.04 Å². The molecular weight excluding hydrogens is 258 g/mol. The van der Waals surface area contributed by atoms with Crippen molar-refractivity contribution in [3.8, 4) is 5.88 Å². The quantitative estimate of drug-likeness (QED) is 0.926. The molecule has 0 radical (unpaired) electrons. The normalized spacial score (nSPS) is 12.3. The van der Waals surface area contributed by atoms with Crippen LogP contribution < -0.4 is 10.1 Å². The largest absolute Gasteiger partial charge is 0.481 e. The van der Waals surface area contributed by atoms with Gasteiger partial charge in [0.25, 0.3) is 0 Å². The Morgan fingerprint density at radius 1 is 1.21 bits per heavy atom. The number of nitrogens with one attached hydrogen (secondary N) is 1. The molecule has 0 saturated carbocycles. The van der Waals surface area contributed by atoms with Gasteiger partial charge in [-0.15, -0.1) is 11.3 Å². The summed E-state index contributed by atoms with van der Waals surface area (Å²) in [6.07, 6.45) is 0. The Morgan fingerprint density at radius 2 is 1.95 bits per heavy atom. The van der Waals surface area contributed by atoms with Gasteiger partial charge in [0.05, 0.1) is 13.2 Å². The number of anilines is 1. The van der Waals surface area contributed by atoms with Crippen LogP contribution in [0.2, 0.25) is 0 Å². The zero-order valence-electron chi connectivity index (χ0n) is 11.9. The van der Waals surface area contributed by atoms with E-state index in [9.17, 15) is 0 Å². The molecule has 2 heterocycles. The van der Waals surface area contributed by atoms with Crippen LogP contribution in [0.5, 0.6) is 5.88 Å². The number of methoxy groups -OCH3 is 1. The van der Waals surface area contributed by atoms with Gasteiger partial charge in [0.2, 0.25) is 11.8 Å². The smallest absolute Gasteiger partial charge is 0.226 e. The average Bonchev–Trinajstić information content (AvgIpc) is 2.67. The fraction of sp³-hybridized carbons (Fsp3) is 0.429. The lowest BCUT2D eigenvalue weighted by molar-refractivity contribution is 0.397. The highest BCUT2D eigenvalue weighted by molar-refractivity contribution is 7.12. The molecule has 5 heteroatoms. The molecule has 0 fully saturated rings. The lowest BCUT2D eigenvalue weighted by Crippen LogP contribution is -2.10. The summed E-state index contributed by atoms with van der Waals surface area (Å²) in [5.41, 5.74) is 2.19. The fourth-order valence-electron chi connectivity index (χ4n) is 2.06. The zero-order chi connectivity index (χ0) is 14.0. The van der Waals surface area contributed by atoms with Gasteiger partial charge in [-0.05, 0) is 39.3 Å². The fourth-order valence-corrected chi connectivity index (χ4v) is 3.08. The van der Waals surface area contributed by atoms with Crippen LogP contribution in [0.25, 0.3) is 0 Å². The molecule has 2 aromatic heterocycles. The first-order valence-electron chi connectivity index (χ1n) is 6.22. The van der Waals surface area contributed by atoms with E-state index in [0.29, 0.717) is 11.8 Å². The molecule has 1 unspecified atom stereocenters. The van der Waals surface area contributed by atoms with Gasteiger partial charge in [0.1, 0.15) is 0 Å². The summed E-state index contributed by atoms with van der Waals surface area (Å²) < 4.78 is 5.16. The van der Waals surface area contributed by atoms with Crippen LogP contribution in [0.15, 0.2) is 12.1 Å². The average molecular weight is 277 g/mol. The molecule has 2 aromatic rings. The topological polar surface area (TPSA) is 47.0 Å². The highest BCUT2D eigenvalue weighted by atomic mass is 32.1. The van der Waals surface area contributed by atoms with E-state index in [1.54, 1.807) is 7.11 Å². The van der Waals surface area contributed by atoms with Gasteiger partial charge in [-0.2, -0.15) is 4.98 Å². The third-order valence-corrected chi connectivity index (χ3v) is 3.91. The van der Waals surface area contributed by atoms with E-state index in [0.717, 1.165) is 5.69 Å². The molecule has 0 amide bonds. The van der Waals surface area contributed by atoms with Crippen LogP contribution in [0, 0.1) is 20.8 Å².